The van der Waals surface area contributed by atoms with Gasteiger partial charge in [0.25, 0.3) is 0 Å². The number of benzene rings is 1. The number of anilines is 1. The fourth-order valence-electron chi connectivity index (χ4n) is 2.86. The zero-order chi connectivity index (χ0) is 13.8. The minimum Gasteiger partial charge on any atom is -0.371 e. The maximum Gasteiger partial charge on any atom is 0.217 e. The molecule has 2 rings (SSSR count). The van der Waals surface area contributed by atoms with E-state index in [2.05, 4.69) is 30.0 Å². The second-order valence-electron chi connectivity index (χ2n) is 5.43. The summed E-state index contributed by atoms with van der Waals surface area (Å²) in [5.41, 5.74) is 14.6. The Morgan fingerprint density at radius 3 is 2.58 bits per heavy atom. The van der Waals surface area contributed by atoms with Crippen molar-refractivity contribution in [3.8, 4) is 0 Å². The van der Waals surface area contributed by atoms with Crippen molar-refractivity contribution in [3.63, 3.8) is 0 Å². The first-order valence-electron chi connectivity index (χ1n) is 6.93. The van der Waals surface area contributed by atoms with Gasteiger partial charge < -0.3 is 16.4 Å². The van der Waals surface area contributed by atoms with Gasteiger partial charge in [0, 0.05) is 31.7 Å². The number of hydrogen-bond donors (Lipinski definition) is 2. The molecule has 1 aliphatic heterocycles. The van der Waals surface area contributed by atoms with Crippen molar-refractivity contribution in [3.05, 3.63) is 29.3 Å². The molecule has 0 spiro atoms. The second-order valence-corrected chi connectivity index (χ2v) is 5.43. The molecule has 0 bridgehead atoms. The van der Waals surface area contributed by atoms with Crippen LogP contribution in [0.3, 0.4) is 0 Å². The molecule has 0 radical (unpaired) electrons. The standard InChI is InChI=1S/C15H23N3O/c1-11-8-13(10-16)2-3-14(11)18-6-4-12(5-7-18)9-15(17)19/h2-3,8,12H,4-7,9-10,16H2,1H3,(H2,17,19). The van der Waals surface area contributed by atoms with E-state index in [0.29, 0.717) is 18.9 Å². The van der Waals surface area contributed by atoms with E-state index in [1.807, 2.05) is 0 Å². The largest absolute Gasteiger partial charge is 0.371 e. The Balaban J connectivity index is 1.99. The van der Waals surface area contributed by atoms with Crippen LogP contribution >= 0.6 is 0 Å². The maximum atomic E-state index is 10.9. The Morgan fingerprint density at radius 1 is 1.37 bits per heavy atom. The van der Waals surface area contributed by atoms with Crippen LogP contribution in [0.25, 0.3) is 0 Å². The van der Waals surface area contributed by atoms with Gasteiger partial charge in [0.2, 0.25) is 5.91 Å². The topological polar surface area (TPSA) is 72.3 Å². The molecule has 0 aliphatic carbocycles. The van der Waals surface area contributed by atoms with Crippen molar-refractivity contribution in [1.82, 2.24) is 0 Å². The molecule has 1 fully saturated rings. The number of nitrogens with zero attached hydrogens (tertiary/aromatic N) is 1. The van der Waals surface area contributed by atoms with Gasteiger partial charge in [-0.05, 0) is 42.9 Å². The molecule has 0 aromatic heterocycles. The predicted molar refractivity (Wildman–Crippen MR) is 77.8 cm³/mol. The molecule has 104 valence electrons. The summed E-state index contributed by atoms with van der Waals surface area (Å²) in [6, 6.07) is 6.41. The van der Waals surface area contributed by atoms with Crippen molar-refractivity contribution in [2.45, 2.75) is 32.7 Å². The average molecular weight is 261 g/mol. The van der Waals surface area contributed by atoms with Gasteiger partial charge in [-0.15, -0.1) is 0 Å². The first kappa shape index (κ1) is 13.9. The summed E-state index contributed by atoms with van der Waals surface area (Å²) in [6.07, 6.45) is 2.61. The Kier molecular flexibility index (Phi) is 4.43. The van der Waals surface area contributed by atoms with Crippen LogP contribution in [0, 0.1) is 12.8 Å². The van der Waals surface area contributed by atoms with Gasteiger partial charge in [0.15, 0.2) is 0 Å². The lowest BCUT2D eigenvalue weighted by Gasteiger charge is -2.34. The van der Waals surface area contributed by atoms with Crippen LogP contribution in [0.15, 0.2) is 18.2 Å². The summed E-state index contributed by atoms with van der Waals surface area (Å²) >= 11 is 0. The molecule has 0 saturated carbocycles. The third-order valence-electron chi connectivity index (χ3n) is 3.94. The van der Waals surface area contributed by atoms with Crippen molar-refractivity contribution in [2.24, 2.45) is 17.4 Å². The molecular formula is C15H23N3O. The van der Waals surface area contributed by atoms with Crippen molar-refractivity contribution in [1.29, 1.82) is 0 Å². The Hall–Kier alpha value is -1.55. The number of carbonyl (C=O) groups excluding carboxylic acids is 1. The van der Waals surface area contributed by atoms with E-state index >= 15 is 0 Å². The van der Waals surface area contributed by atoms with E-state index in [4.69, 9.17) is 11.5 Å². The van der Waals surface area contributed by atoms with E-state index < -0.39 is 0 Å². The lowest BCUT2D eigenvalue weighted by Crippen LogP contribution is -2.35. The van der Waals surface area contributed by atoms with Gasteiger partial charge in [-0.1, -0.05) is 12.1 Å². The molecule has 1 aliphatic rings. The molecule has 1 saturated heterocycles. The number of rotatable bonds is 4. The Morgan fingerprint density at radius 2 is 2.05 bits per heavy atom. The van der Waals surface area contributed by atoms with Gasteiger partial charge in [0.05, 0.1) is 0 Å². The lowest BCUT2D eigenvalue weighted by atomic mass is 9.92. The number of primary amides is 1. The number of aryl methyl sites for hydroxylation is 1. The molecule has 0 unspecified atom stereocenters. The van der Waals surface area contributed by atoms with E-state index in [9.17, 15) is 4.79 Å². The van der Waals surface area contributed by atoms with Crippen LogP contribution in [0.4, 0.5) is 5.69 Å². The Labute approximate surface area is 114 Å². The molecule has 19 heavy (non-hydrogen) atoms. The zero-order valence-electron chi connectivity index (χ0n) is 11.6. The molecule has 0 atom stereocenters. The highest BCUT2D eigenvalue weighted by molar-refractivity contribution is 5.74. The lowest BCUT2D eigenvalue weighted by molar-refractivity contribution is -0.119. The molecule has 1 aromatic carbocycles. The first-order valence-corrected chi connectivity index (χ1v) is 6.93. The summed E-state index contributed by atoms with van der Waals surface area (Å²) in [5, 5.41) is 0. The molecule has 1 aromatic rings. The summed E-state index contributed by atoms with van der Waals surface area (Å²) in [6.45, 7) is 4.72. The smallest absolute Gasteiger partial charge is 0.217 e. The van der Waals surface area contributed by atoms with Gasteiger partial charge >= 0.3 is 0 Å². The van der Waals surface area contributed by atoms with E-state index in [0.717, 1.165) is 25.9 Å². The second kappa shape index (κ2) is 6.06. The highest BCUT2D eigenvalue weighted by atomic mass is 16.1. The minimum atomic E-state index is -0.179. The van der Waals surface area contributed by atoms with Gasteiger partial charge in [0.1, 0.15) is 0 Å². The highest BCUT2D eigenvalue weighted by Gasteiger charge is 2.21. The van der Waals surface area contributed by atoms with E-state index in [-0.39, 0.29) is 5.91 Å². The van der Waals surface area contributed by atoms with E-state index in [1.54, 1.807) is 0 Å². The monoisotopic (exact) mass is 261 g/mol. The summed E-state index contributed by atoms with van der Waals surface area (Å²) < 4.78 is 0. The molecular weight excluding hydrogens is 238 g/mol. The van der Waals surface area contributed by atoms with Crippen molar-refractivity contribution in [2.75, 3.05) is 18.0 Å². The molecule has 1 heterocycles. The third kappa shape index (κ3) is 3.47. The van der Waals surface area contributed by atoms with Gasteiger partial charge in [-0.25, -0.2) is 0 Å². The fraction of sp³-hybridized carbons (Fsp3) is 0.533. The van der Waals surface area contributed by atoms with Crippen LogP contribution in [0.1, 0.15) is 30.4 Å². The number of nitrogens with two attached hydrogens (primary N) is 2. The predicted octanol–water partition coefficient (Wildman–Crippen LogP) is 1.55. The normalized spacial score (nSPS) is 16.6. The molecule has 4 heteroatoms. The summed E-state index contributed by atoms with van der Waals surface area (Å²) in [7, 11) is 0. The number of piperidine rings is 1. The fourth-order valence-corrected chi connectivity index (χ4v) is 2.86. The SMILES string of the molecule is Cc1cc(CN)ccc1N1CCC(CC(N)=O)CC1. The Bertz CT molecular complexity index is 451. The summed E-state index contributed by atoms with van der Waals surface area (Å²) in [5.74, 6) is 0.277. The van der Waals surface area contributed by atoms with Crippen LogP contribution in [-0.4, -0.2) is 19.0 Å². The number of amides is 1. The number of carbonyl (C=O) groups is 1. The van der Waals surface area contributed by atoms with Crippen LogP contribution in [0.2, 0.25) is 0 Å². The van der Waals surface area contributed by atoms with Crippen LogP contribution in [0.5, 0.6) is 0 Å². The van der Waals surface area contributed by atoms with Crippen LogP contribution < -0.4 is 16.4 Å². The molecule has 4 N–H and O–H groups in total. The number of hydrogen-bond acceptors (Lipinski definition) is 3. The van der Waals surface area contributed by atoms with Crippen molar-refractivity contribution < 1.29 is 4.79 Å². The zero-order valence-corrected chi connectivity index (χ0v) is 11.6. The molecule has 1 amide bonds. The average Bonchev–Trinajstić information content (AvgIpc) is 2.39. The third-order valence-corrected chi connectivity index (χ3v) is 3.94. The maximum absolute atomic E-state index is 10.9. The van der Waals surface area contributed by atoms with Gasteiger partial charge in [-0.3, -0.25) is 4.79 Å². The minimum absolute atomic E-state index is 0.179. The first-order chi connectivity index (χ1) is 9.10. The van der Waals surface area contributed by atoms with Gasteiger partial charge in [-0.2, -0.15) is 0 Å². The molecule has 4 nitrogen and oxygen atoms in total. The highest BCUT2D eigenvalue weighted by Crippen LogP contribution is 2.27. The van der Waals surface area contributed by atoms with E-state index in [1.165, 1.54) is 16.8 Å². The summed E-state index contributed by atoms with van der Waals surface area (Å²) in [4.78, 5) is 13.3. The van der Waals surface area contributed by atoms with Crippen LogP contribution in [-0.2, 0) is 11.3 Å². The van der Waals surface area contributed by atoms with Crippen molar-refractivity contribution >= 4 is 11.6 Å². The quantitative estimate of drug-likeness (QED) is 0.863.